The molecule has 0 aromatic carbocycles. The van der Waals surface area contributed by atoms with Crippen molar-refractivity contribution in [1.29, 1.82) is 0 Å². The molecule has 0 rings (SSSR count). The first kappa shape index (κ1) is 15.7. The molecule has 0 unspecified atom stereocenters. The van der Waals surface area contributed by atoms with Crippen LogP contribution in [0.4, 0.5) is 0 Å². The molecule has 0 amide bonds. The predicted octanol–water partition coefficient (Wildman–Crippen LogP) is 4.49. The van der Waals surface area contributed by atoms with Crippen LogP contribution >= 0.6 is 0 Å². The van der Waals surface area contributed by atoms with Crippen molar-refractivity contribution in [2.75, 3.05) is 0 Å². The number of carbonyl (C=O) groups is 1. The normalized spacial score (nSPS) is 13.1. The van der Waals surface area contributed by atoms with Crippen LogP contribution in [0.5, 0.6) is 0 Å². The largest absolute Gasteiger partial charge is 0.478 e. The molecular formula is C15H24O2. The van der Waals surface area contributed by atoms with E-state index in [1.165, 1.54) is 11.1 Å². The summed E-state index contributed by atoms with van der Waals surface area (Å²) in [4.78, 5) is 10.7. The highest BCUT2D eigenvalue weighted by molar-refractivity contribution is 5.86. The Bertz CT molecular complexity index is 353. The molecule has 0 aliphatic rings. The minimum absolute atomic E-state index is 0.457. The smallest absolute Gasteiger partial charge is 0.331 e. The Morgan fingerprint density at radius 1 is 1.06 bits per heavy atom. The van der Waals surface area contributed by atoms with Crippen LogP contribution in [-0.4, -0.2) is 11.1 Å². The molecule has 1 N–H and O–H groups in total. The van der Waals surface area contributed by atoms with Crippen LogP contribution in [0.25, 0.3) is 0 Å². The molecular weight excluding hydrogens is 212 g/mol. The zero-order valence-electron chi connectivity index (χ0n) is 11.6. The zero-order valence-corrected chi connectivity index (χ0v) is 11.6. The lowest BCUT2D eigenvalue weighted by Gasteiger charge is -2.02. The maximum atomic E-state index is 10.7. The lowest BCUT2D eigenvalue weighted by Crippen LogP contribution is -1.99. The molecule has 0 saturated heterocycles. The number of carboxylic acid groups (broad SMARTS) is 1. The molecule has 2 nitrogen and oxygen atoms in total. The highest BCUT2D eigenvalue weighted by atomic mass is 16.4. The molecule has 2 heteroatoms. The Labute approximate surface area is 105 Å². The Morgan fingerprint density at radius 3 is 2.12 bits per heavy atom. The van der Waals surface area contributed by atoms with Crippen LogP contribution in [0, 0.1) is 0 Å². The van der Waals surface area contributed by atoms with Gasteiger partial charge in [-0.25, -0.2) is 4.79 Å². The van der Waals surface area contributed by atoms with Gasteiger partial charge in [-0.15, -0.1) is 0 Å². The van der Waals surface area contributed by atoms with Gasteiger partial charge in [-0.2, -0.15) is 0 Å². The van der Waals surface area contributed by atoms with Crippen molar-refractivity contribution >= 4 is 5.97 Å². The maximum Gasteiger partial charge on any atom is 0.331 e. The van der Waals surface area contributed by atoms with Crippen molar-refractivity contribution in [2.24, 2.45) is 0 Å². The average molecular weight is 236 g/mol. The van der Waals surface area contributed by atoms with Gasteiger partial charge in [0.05, 0.1) is 0 Å². The molecule has 17 heavy (non-hydrogen) atoms. The summed E-state index contributed by atoms with van der Waals surface area (Å²) in [5, 5.41) is 8.83. The second-order valence-corrected chi connectivity index (χ2v) is 4.79. The highest BCUT2D eigenvalue weighted by Gasteiger charge is 2.03. The van der Waals surface area contributed by atoms with Gasteiger partial charge in [-0.3, -0.25) is 0 Å². The summed E-state index contributed by atoms with van der Waals surface area (Å²) in [6.45, 7) is 9.83. The summed E-state index contributed by atoms with van der Waals surface area (Å²) >= 11 is 0. The van der Waals surface area contributed by atoms with E-state index in [0.717, 1.165) is 24.8 Å². The van der Waals surface area contributed by atoms with Crippen molar-refractivity contribution in [3.05, 3.63) is 34.4 Å². The minimum atomic E-state index is -0.821. The zero-order chi connectivity index (χ0) is 13.4. The van der Waals surface area contributed by atoms with Crippen LogP contribution in [0.3, 0.4) is 0 Å². The topological polar surface area (TPSA) is 37.3 Å². The van der Waals surface area contributed by atoms with E-state index in [9.17, 15) is 4.79 Å². The predicted molar refractivity (Wildman–Crippen MR) is 73.0 cm³/mol. The molecule has 0 aromatic heterocycles. The first-order chi connectivity index (χ1) is 7.84. The fourth-order valence-corrected chi connectivity index (χ4v) is 1.35. The summed E-state index contributed by atoms with van der Waals surface area (Å²) in [5.74, 6) is -0.821. The number of hydrogen-bond acceptors (Lipinski definition) is 1. The first-order valence-electron chi connectivity index (χ1n) is 6.03. The van der Waals surface area contributed by atoms with Gasteiger partial charge in [-0.1, -0.05) is 28.9 Å². The molecule has 0 aliphatic carbocycles. The van der Waals surface area contributed by atoms with Crippen molar-refractivity contribution in [1.82, 2.24) is 0 Å². The van der Waals surface area contributed by atoms with E-state index in [4.69, 9.17) is 5.11 Å². The quantitative estimate of drug-likeness (QED) is 0.545. The molecule has 0 spiro atoms. The molecule has 0 aromatic rings. The van der Waals surface area contributed by atoms with E-state index in [-0.39, 0.29) is 0 Å². The third-order valence-corrected chi connectivity index (χ3v) is 2.81. The Balaban J connectivity index is 4.29. The first-order valence-corrected chi connectivity index (χ1v) is 6.03. The number of rotatable bonds is 6. The standard InChI is InChI=1S/C15H24O2/c1-11(2)7-6-8-12(3)9-10-13(4)14(5)15(16)17/h7,9H,6,8,10H2,1-5H3,(H,16,17). The van der Waals surface area contributed by atoms with Crippen molar-refractivity contribution < 1.29 is 9.90 Å². The van der Waals surface area contributed by atoms with Gasteiger partial charge in [0.2, 0.25) is 0 Å². The van der Waals surface area contributed by atoms with Crippen molar-refractivity contribution in [2.45, 2.75) is 53.9 Å². The van der Waals surface area contributed by atoms with Crippen LogP contribution < -0.4 is 0 Å². The SMILES string of the molecule is CC(C)=CCCC(C)=CCC(C)=C(C)C(=O)O. The molecule has 0 fully saturated rings. The summed E-state index contributed by atoms with van der Waals surface area (Å²) in [7, 11) is 0. The lowest BCUT2D eigenvalue weighted by molar-refractivity contribution is -0.132. The van der Waals surface area contributed by atoms with E-state index < -0.39 is 5.97 Å². The van der Waals surface area contributed by atoms with Gasteiger partial charge in [0.15, 0.2) is 0 Å². The number of allylic oxidation sites excluding steroid dienone is 5. The third kappa shape index (κ3) is 7.56. The number of aliphatic carboxylic acids is 1. The van der Waals surface area contributed by atoms with Crippen LogP contribution in [0.2, 0.25) is 0 Å². The lowest BCUT2D eigenvalue weighted by atomic mass is 10.0. The molecule has 0 saturated carbocycles. The second-order valence-electron chi connectivity index (χ2n) is 4.79. The number of carboxylic acids is 1. The Kier molecular flexibility index (Phi) is 7.27. The third-order valence-electron chi connectivity index (χ3n) is 2.81. The fraction of sp³-hybridized carbons (Fsp3) is 0.533. The second kappa shape index (κ2) is 7.88. The molecule has 0 radical (unpaired) electrons. The summed E-state index contributed by atoms with van der Waals surface area (Å²) in [6, 6.07) is 0. The summed E-state index contributed by atoms with van der Waals surface area (Å²) in [5.41, 5.74) is 4.05. The van der Waals surface area contributed by atoms with Gasteiger partial charge in [0.25, 0.3) is 0 Å². The van der Waals surface area contributed by atoms with Gasteiger partial charge < -0.3 is 5.11 Å². The van der Waals surface area contributed by atoms with E-state index >= 15 is 0 Å². The molecule has 0 heterocycles. The van der Waals surface area contributed by atoms with E-state index in [0.29, 0.717) is 5.57 Å². The van der Waals surface area contributed by atoms with Gasteiger partial charge in [0, 0.05) is 5.57 Å². The summed E-state index contributed by atoms with van der Waals surface area (Å²) in [6.07, 6.45) is 7.19. The van der Waals surface area contributed by atoms with Crippen molar-refractivity contribution in [3.8, 4) is 0 Å². The van der Waals surface area contributed by atoms with Gasteiger partial charge in [0.1, 0.15) is 0 Å². The maximum absolute atomic E-state index is 10.7. The molecule has 0 aliphatic heterocycles. The molecule has 0 bridgehead atoms. The Hall–Kier alpha value is -1.31. The molecule has 0 atom stereocenters. The molecule has 96 valence electrons. The van der Waals surface area contributed by atoms with Gasteiger partial charge in [-0.05, 0) is 53.9 Å². The monoisotopic (exact) mass is 236 g/mol. The highest BCUT2D eigenvalue weighted by Crippen LogP contribution is 2.13. The average Bonchev–Trinajstić information content (AvgIpc) is 2.24. The van der Waals surface area contributed by atoms with Crippen LogP contribution in [0.15, 0.2) is 34.4 Å². The number of hydrogen-bond donors (Lipinski definition) is 1. The van der Waals surface area contributed by atoms with Crippen LogP contribution in [-0.2, 0) is 4.79 Å². The van der Waals surface area contributed by atoms with Gasteiger partial charge >= 0.3 is 5.97 Å². The Morgan fingerprint density at radius 2 is 1.65 bits per heavy atom. The van der Waals surface area contributed by atoms with E-state index in [1.54, 1.807) is 6.92 Å². The van der Waals surface area contributed by atoms with Crippen molar-refractivity contribution in [3.63, 3.8) is 0 Å². The summed E-state index contributed by atoms with van der Waals surface area (Å²) < 4.78 is 0. The minimum Gasteiger partial charge on any atom is -0.478 e. The van der Waals surface area contributed by atoms with Crippen LogP contribution in [0.1, 0.15) is 53.9 Å². The van der Waals surface area contributed by atoms with E-state index in [2.05, 4.69) is 32.9 Å². The van der Waals surface area contributed by atoms with E-state index in [1.807, 2.05) is 6.92 Å². The fourth-order valence-electron chi connectivity index (χ4n) is 1.35.